The van der Waals surface area contributed by atoms with Crippen LogP contribution in [0.25, 0.3) is 11.3 Å². The van der Waals surface area contributed by atoms with Gasteiger partial charge in [0.05, 0.1) is 15.7 Å². The van der Waals surface area contributed by atoms with Crippen molar-refractivity contribution >= 4 is 52.4 Å². The molecule has 0 fully saturated rings. The predicted molar refractivity (Wildman–Crippen MR) is 74.5 cm³/mol. The summed E-state index contributed by atoms with van der Waals surface area (Å²) in [5, 5.41) is 9.33. The Labute approximate surface area is 127 Å². The molecular weight excluding hydrogens is 334 g/mol. The number of hydrogen-bond donors (Lipinski definition) is 1. The largest absolute Gasteiger partial charge is 0.476 e. The maximum absolute atomic E-state index is 11.0. The molecule has 2 heterocycles. The summed E-state index contributed by atoms with van der Waals surface area (Å²) < 4.78 is 0. The van der Waals surface area contributed by atoms with Crippen molar-refractivity contribution in [2.45, 2.75) is 0 Å². The van der Waals surface area contributed by atoms with Crippen LogP contribution < -0.4 is 0 Å². The van der Waals surface area contributed by atoms with E-state index in [0.29, 0.717) is 0 Å². The molecule has 0 aliphatic heterocycles. The van der Waals surface area contributed by atoms with E-state index in [1.54, 1.807) is 0 Å². The highest BCUT2D eigenvalue weighted by Gasteiger charge is 2.19. The number of carboxylic acid groups (broad SMARTS) is 1. The molecule has 0 saturated carbocycles. The van der Waals surface area contributed by atoms with Crippen LogP contribution in [0.1, 0.15) is 10.5 Å². The first-order chi connectivity index (χ1) is 8.90. The Morgan fingerprint density at radius 1 is 1.05 bits per heavy atom. The fraction of sp³-hybridized carbons (Fsp3) is 0. The Kier molecular flexibility index (Phi) is 4.16. The average molecular weight is 338 g/mol. The highest BCUT2D eigenvalue weighted by atomic mass is 35.5. The van der Waals surface area contributed by atoms with Crippen molar-refractivity contribution in [3.05, 3.63) is 44.2 Å². The molecule has 2 aromatic rings. The van der Waals surface area contributed by atoms with Crippen molar-refractivity contribution in [1.82, 2.24) is 9.97 Å². The van der Waals surface area contributed by atoms with Gasteiger partial charge in [0, 0.05) is 5.56 Å². The van der Waals surface area contributed by atoms with Crippen LogP contribution >= 0.6 is 46.4 Å². The molecule has 0 aliphatic rings. The first kappa shape index (κ1) is 14.3. The second kappa shape index (κ2) is 5.51. The molecule has 0 spiro atoms. The Bertz CT molecular complexity index is 676. The molecule has 2 aromatic heterocycles. The molecule has 0 saturated heterocycles. The molecule has 0 amide bonds. The summed E-state index contributed by atoms with van der Waals surface area (Å²) in [5.41, 5.74) is 0.125. The molecule has 0 aromatic carbocycles. The summed E-state index contributed by atoms with van der Waals surface area (Å²) >= 11 is 23.5. The molecular formula is C11H4Cl4N2O2. The minimum absolute atomic E-state index is 0.0327. The van der Waals surface area contributed by atoms with E-state index in [-0.39, 0.29) is 37.3 Å². The summed E-state index contributed by atoms with van der Waals surface area (Å²) in [6.45, 7) is 0. The third-order valence-corrected chi connectivity index (χ3v) is 3.29. The summed E-state index contributed by atoms with van der Waals surface area (Å²) in [4.78, 5) is 18.7. The zero-order valence-corrected chi connectivity index (χ0v) is 12.0. The third kappa shape index (κ3) is 2.92. The van der Waals surface area contributed by atoms with Gasteiger partial charge in [-0.25, -0.2) is 14.8 Å². The van der Waals surface area contributed by atoms with Crippen LogP contribution in [0.2, 0.25) is 20.4 Å². The van der Waals surface area contributed by atoms with Gasteiger partial charge in [0.1, 0.15) is 10.3 Å². The standard InChI is InChI=1S/C11H4Cl4N2O2/c12-5-1-2-6(13)16-9(5)4-3-7(14)17-10(8(4)15)11(18)19/h1-3H,(H,18,19). The van der Waals surface area contributed by atoms with Crippen molar-refractivity contribution in [1.29, 1.82) is 0 Å². The van der Waals surface area contributed by atoms with Gasteiger partial charge >= 0.3 is 5.97 Å². The normalized spacial score (nSPS) is 10.5. The minimum Gasteiger partial charge on any atom is -0.476 e. The minimum atomic E-state index is -1.30. The molecule has 98 valence electrons. The van der Waals surface area contributed by atoms with Gasteiger partial charge in [-0.3, -0.25) is 0 Å². The summed E-state index contributed by atoms with van der Waals surface area (Å²) in [6.07, 6.45) is 0. The van der Waals surface area contributed by atoms with E-state index in [2.05, 4.69) is 9.97 Å². The average Bonchev–Trinajstić information content (AvgIpc) is 2.34. The number of carboxylic acids is 1. The highest BCUT2D eigenvalue weighted by Crippen LogP contribution is 2.35. The Morgan fingerprint density at radius 3 is 2.37 bits per heavy atom. The SMILES string of the molecule is O=C(O)c1nc(Cl)cc(-c2nc(Cl)ccc2Cl)c1Cl. The van der Waals surface area contributed by atoms with Crippen LogP contribution in [0.15, 0.2) is 18.2 Å². The van der Waals surface area contributed by atoms with Crippen LogP contribution in [-0.4, -0.2) is 21.0 Å². The molecule has 0 atom stereocenters. The van der Waals surface area contributed by atoms with Gasteiger partial charge in [-0.2, -0.15) is 0 Å². The van der Waals surface area contributed by atoms with E-state index < -0.39 is 5.97 Å². The summed E-state index contributed by atoms with van der Waals surface area (Å²) in [5.74, 6) is -1.30. The van der Waals surface area contributed by atoms with Gasteiger partial charge in [0.15, 0.2) is 5.69 Å². The van der Waals surface area contributed by atoms with Crippen LogP contribution in [0.5, 0.6) is 0 Å². The molecule has 0 unspecified atom stereocenters. The lowest BCUT2D eigenvalue weighted by molar-refractivity contribution is 0.0691. The van der Waals surface area contributed by atoms with Crippen molar-refractivity contribution in [3.63, 3.8) is 0 Å². The van der Waals surface area contributed by atoms with Gasteiger partial charge in [-0.15, -0.1) is 0 Å². The van der Waals surface area contributed by atoms with Crippen molar-refractivity contribution in [3.8, 4) is 11.3 Å². The quantitative estimate of drug-likeness (QED) is 0.822. The van der Waals surface area contributed by atoms with E-state index in [1.807, 2.05) is 0 Å². The lowest BCUT2D eigenvalue weighted by atomic mass is 10.1. The van der Waals surface area contributed by atoms with E-state index >= 15 is 0 Å². The maximum atomic E-state index is 11.0. The number of aromatic nitrogens is 2. The molecule has 8 heteroatoms. The zero-order valence-electron chi connectivity index (χ0n) is 8.99. The molecule has 0 radical (unpaired) electrons. The smallest absolute Gasteiger partial charge is 0.356 e. The molecule has 0 aliphatic carbocycles. The number of hydrogen-bond acceptors (Lipinski definition) is 3. The maximum Gasteiger partial charge on any atom is 0.356 e. The van der Waals surface area contributed by atoms with Crippen molar-refractivity contribution in [2.24, 2.45) is 0 Å². The van der Waals surface area contributed by atoms with Gasteiger partial charge in [-0.05, 0) is 18.2 Å². The lowest BCUT2D eigenvalue weighted by Gasteiger charge is -2.08. The molecule has 19 heavy (non-hydrogen) atoms. The Morgan fingerprint density at radius 2 is 1.74 bits per heavy atom. The zero-order chi connectivity index (χ0) is 14.2. The van der Waals surface area contributed by atoms with E-state index in [4.69, 9.17) is 51.5 Å². The Hall–Kier alpha value is -1.07. The topological polar surface area (TPSA) is 63.1 Å². The van der Waals surface area contributed by atoms with Gasteiger partial charge in [-0.1, -0.05) is 46.4 Å². The molecule has 1 N–H and O–H groups in total. The summed E-state index contributed by atoms with van der Waals surface area (Å²) in [6, 6.07) is 4.40. The molecule has 4 nitrogen and oxygen atoms in total. The second-order valence-corrected chi connectivity index (χ2v) is 4.98. The number of nitrogens with zero attached hydrogens (tertiary/aromatic N) is 2. The number of rotatable bonds is 2. The van der Waals surface area contributed by atoms with Crippen LogP contribution in [0, 0.1) is 0 Å². The van der Waals surface area contributed by atoms with E-state index in [9.17, 15) is 4.79 Å². The van der Waals surface area contributed by atoms with Crippen LogP contribution in [-0.2, 0) is 0 Å². The third-order valence-electron chi connectivity index (χ3n) is 2.20. The number of aromatic carboxylic acids is 1. The fourth-order valence-electron chi connectivity index (χ4n) is 1.42. The van der Waals surface area contributed by atoms with Crippen LogP contribution in [0.4, 0.5) is 0 Å². The fourth-order valence-corrected chi connectivity index (χ4v) is 2.23. The van der Waals surface area contributed by atoms with Gasteiger partial charge in [0.2, 0.25) is 0 Å². The predicted octanol–water partition coefficient (Wildman–Crippen LogP) is 4.46. The first-order valence-electron chi connectivity index (χ1n) is 4.82. The Balaban J connectivity index is 2.75. The number of halogens is 4. The molecule has 2 rings (SSSR count). The van der Waals surface area contributed by atoms with Crippen molar-refractivity contribution < 1.29 is 9.90 Å². The number of pyridine rings is 2. The molecule has 0 bridgehead atoms. The van der Waals surface area contributed by atoms with E-state index in [1.165, 1.54) is 18.2 Å². The second-order valence-electron chi connectivity index (χ2n) is 3.42. The number of carbonyl (C=O) groups is 1. The van der Waals surface area contributed by atoms with Crippen molar-refractivity contribution in [2.75, 3.05) is 0 Å². The van der Waals surface area contributed by atoms with Gasteiger partial charge in [0.25, 0.3) is 0 Å². The lowest BCUT2D eigenvalue weighted by Crippen LogP contribution is -2.03. The monoisotopic (exact) mass is 336 g/mol. The first-order valence-corrected chi connectivity index (χ1v) is 6.33. The van der Waals surface area contributed by atoms with E-state index in [0.717, 1.165) is 0 Å². The van der Waals surface area contributed by atoms with Crippen LogP contribution in [0.3, 0.4) is 0 Å². The highest BCUT2D eigenvalue weighted by molar-refractivity contribution is 6.39. The summed E-state index contributed by atoms with van der Waals surface area (Å²) in [7, 11) is 0. The van der Waals surface area contributed by atoms with Gasteiger partial charge < -0.3 is 5.11 Å².